The van der Waals surface area contributed by atoms with E-state index in [1.165, 1.54) is 10.7 Å². The van der Waals surface area contributed by atoms with Crippen molar-refractivity contribution in [2.45, 2.75) is 18.3 Å². The number of benzene rings is 1. The van der Waals surface area contributed by atoms with E-state index in [1.807, 2.05) is 0 Å². The topological polar surface area (TPSA) is 72.7 Å². The summed E-state index contributed by atoms with van der Waals surface area (Å²) in [5, 5.41) is 7.04. The summed E-state index contributed by atoms with van der Waals surface area (Å²) in [5.74, 6) is 0.355. The van der Waals surface area contributed by atoms with Crippen molar-refractivity contribution < 1.29 is 9.18 Å². The Hall–Kier alpha value is -3.09. The second-order valence-electron chi connectivity index (χ2n) is 5.73. The highest BCUT2D eigenvalue weighted by Crippen LogP contribution is 2.49. The maximum atomic E-state index is 14.0. The summed E-state index contributed by atoms with van der Waals surface area (Å²) >= 11 is 0. The predicted octanol–water partition coefficient (Wildman–Crippen LogP) is 2.47. The maximum Gasteiger partial charge on any atom is 0.236 e. The maximum absolute atomic E-state index is 14.0. The molecule has 0 unspecified atom stereocenters. The number of carbonyl (C=O) groups excluding carboxylic acids is 1. The molecule has 1 aromatic carbocycles. The molecule has 120 valence electrons. The summed E-state index contributed by atoms with van der Waals surface area (Å²) in [6, 6.07) is 8.08. The van der Waals surface area contributed by atoms with Gasteiger partial charge in [-0.05, 0) is 18.9 Å². The molecule has 2 heterocycles. The molecule has 0 saturated heterocycles. The Morgan fingerprint density at radius 2 is 2.04 bits per heavy atom. The first kappa shape index (κ1) is 14.5. The minimum atomic E-state index is -0.790. The molecule has 1 saturated carbocycles. The molecule has 0 bridgehead atoms. The van der Waals surface area contributed by atoms with Crippen molar-refractivity contribution in [3.8, 4) is 5.82 Å². The summed E-state index contributed by atoms with van der Waals surface area (Å²) < 4.78 is 15.6. The molecule has 6 nitrogen and oxygen atoms in total. The van der Waals surface area contributed by atoms with E-state index in [-0.39, 0.29) is 11.7 Å². The van der Waals surface area contributed by atoms with E-state index in [2.05, 4.69) is 20.4 Å². The zero-order chi connectivity index (χ0) is 16.6. The zero-order valence-corrected chi connectivity index (χ0v) is 12.7. The highest BCUT2D eigenvalue weighted by Gasteiger charge is 2.52. The Kier molecular flexibility index (Phi) is 3.34. The molecule has 1 fully saturated rings. The summed E-state index contributed by atoms with van der Waals surface area (Å²) in [4.78, 5) is 20.8. The Balaban J connectivity index is 1.55. The first-order chi connectivity index (χ1) is 11.7. The van der Waals surface area contributed by atoms with Crippen LogP contribution in [0, 0.1) is 5.82 Å². The molecule has 4 rings (SSSR count). The highest BCUT2D eigenvalue weighted by atomic mass is 19.1. The van der Waals surface area contributed by atoms with Gasteiger partial charge < -0.3 is 5.32 Å². The average Bonchev–Trinajstić information content (AvgIpc) is 3.29. The summed E-state index contributed by atoms with van der Waals surface area (Å²) in [5.41, 5.74) is -0.349. The fraction of sp³-hybridized carbons (Fsp3) is 0.176. The molecule has 2 aromatic heterocycles. The van der Waals surface area contributed by atoms with Crippen LogP contribution in [0.1, 0.15) is 18.4 Å². The van der Waals surface area contributed by atoms with Gasteiger partial charge in [0.15, 0.2) is 11.6 Å². The van der Waals surface area contributed by atoms with Gasteiger partial charge in [0.25, 0.3) is 0 Å². The lowest BCUT2D eigenvalue weighted by molar-refractivity contribution is -0.118. The van der Waals surface area contributed by atoms with E-state index in [0.717, 1.165) is 0 Å². The van der Waals surface area contributed by atoms with Gasteiger partial charge in [-0.2, -0.15) is 0 Å². The van der Waals surface area contributed by atoms with Crippen molar-refractivity contribution in [3.05, 3.63) is 66.5 Å². The van der Waals surface area contributed by atoms with Crippen LogP contribution in [0.3, 0.4) is 0 Å². The number of rotatable bonds is 4. The first-order valence-electron chi connectivity index (χ1n) is 7.58. The fourth-order valence-electron chi connectivity index (χ4n) is 2.76. The quantitative estimate of drug-likeness (QED) is 0.800. The molecule has 1 amide bonds. The molecular formula is C17H14FN5O. The minimum Gasteiger partial charge on any atom is -0.308 e. The van der Waals surface area contributed by atoms with Gasteiger partial charge in [0, 0.05) is 30.2 Å². The van der Waals surface area contributed by atoms with Crippen molar-refractivity contribution in [2.24, 2.45) is 0 Å². The van der Waals surface area contributed by atoms with E-state index in [1.54, 1.807) is 49.1 Å². The monoisotopic (exact) mass is 323 g/mol. The van der Waals surface area contributed by atoms with Crippen molar-refractivity contribution >= 4 is 11.7 Å². The van der Waals surface area contributed by atoms with E-state index in [9.17, 15) is 9.18 Å². The van der Waals surface area contributed by atoms with Crippen molar-refractivity contribution in [1.82, 2.24) is 19.7 Å². The molecule has 1 aliphatic carbocycles. The number of nitrogens with zero attached hydrogens (tertiary/aromatic N) is 4. The second kappa shape index (κ2) is 5.52. The van der Waals surface area contributed by atoms with Gasteiger partial charge in [-0.3, -0.25) is 9.78 Å². The number of carbonyl (C=O) groups is 1. The molecule has 0 spiro atoms. The molecule has 0 atom stereocenters. The molecule has 0 aliphatic heterocycles. The van der Waals surface area contributed by atoms with Crippen LogP contribution in [0.2, 0.25) is 0 Å². The number of hydrogen-bond donors (Lipinski definition) is 1. The van der Waals surface area contributed by atoms with Gasteiger partial charge in [-0.15, -0.1) is 5.10 Å². The molecule has 1 N–H and O–H groups in total. The van der Waals surface area contributed by atoms with Crippen LogP contribution in [0.15, 0.2) is 55.1 Å². The van der Waals surface area contributed by atoms with Gasteiger partial charge in [0.1, 0.15) is 5.82 Å². The van der Waals surface area contributed by atoms with Crippen LogP contribution in [0.5, 0.6) is 0 Å². The van der Waals surface area contributed by atoms with E-state index in [4.69, 9.17) is 0 Å². The van der Waals surface area contributed by atoms with Crippen molar-refractivity contribution in [1.29, 1.82) is 0 Å². The third-order valence-corrected chi connectivity index (χ3v) is 4.19. The van der Waals surface area contributed by atoms with Gasteiger partial charge >= 0.3 is 0 Å². The molecular weight excluding hydrogens is 309 g/mol. The molecule has 1 aliphatic rings. The SMILES string of the molecule is O=C(Nc1ccn(-c2cnccn2)n1)C1(c2ccccc2F)CC1. The summed E-state index contributed by atoms with van der Waals surface area (Å²) in [6.45, 7) is 0. The number of nitrogens with one attached hydrogen (secondary N) is 1. The molecule has 24 heavy (non-hydrogen) atoms. The Labute approximate surface area is 137 Å². The minimum absolute atomic E-state index is 0.239. The van der Waals surface area contributed by atoms with E-state index in [0.29, 0.717) is 30.0 Å². The normalized spacial score (nSPS) is 15.0. The molecule has 0 radical (unpaired) electrons. The number of hydrogen-bond acceptors (Lipinski definition) is 4. The second-order valence-corrected chi connectivity index (χ2v) is 5.73. The van der Waals surface area contributed by atoms with E-state index >= 15 is 0 Å². The van der Waals surface area contributed by atoms with Gasteiger partial charge in [-0.25, -0.2) is 14.1 Å². The van der Waals surface area contributed by atoms with Gasteiger partial charge in [0.05, 0.1) is 11.6 Å². The van der Waals surface area contributed by atoms with Gasteiger partial charge in [0.2, 0.25) is 5.91 Å². The smallest absolute Gasteiger partial charge is 0.236 e. The number of aromatic nitrogens is 4. The largest absolute Gasteiger partial charge is 0.308 e. The third-order valence-electron chi connectivity index (χ3n) is 4.19. The van der Waals surface area contributed by atoms with Crippen molar-refractivity contribution in [3.63, 3.8) is 0 Å². The molecule has 3 aromatic rings. The average molecular weight is 323 g/mol. The van der Waals surface area contributed by atoms with Crippen LogP contribution in [0.4, 0.5) is 10.2 Å². The number of amides is 1. The van der Waals surface area contributed by atoms with Crippen LogP contribution in [-0.4, -0.2) is 25.7 Å². The third kappa shape index (κ3) is 2.44. The molecule has 7 heteroatoms. The Morgan fingerprint density at radius 1 is 1.21 bits per heavy atom. The number of halogens is 1. The van der Waals surface area contributed by atoms with Crippen LogP contribution in [-0.2, 0) is 10.2 Å². The lowest BCUT2D eigenvalue weighted by Gasteiger charge is -2.15. The lowest BCUT2D eigenvalue weighted by Crippen LogP contribution is -2.29. The van der Waals surface area contributed by atoms with Crippen LogP contribution < -0.4 is 5.32 Å². The first-order valence-corrected chi connectivity index (χ1v) is 7.58. The summed E-state index contributed by atoms with van der Waals surface area (Å²) in [6.07, 6.45) is 7.64. The van der Waals surface area contributed by atoms with Crippen LogP contribution >= 0.6 is 0 Å². The highest BCUT2D eigenvalue weighted by molar-refractivity contribution is 6.00. The van der Waals surface area contributed by atoms with Gasteiger partial charge in [-0.1, -0.05) is 18.2 Å². The summed E-state index contributed by atoms with van der Waals surface area (Å²) in [7, 11) is 0. The lowest BCUT2D eigenvalue weighted by atomic mass is 9.94. The standard InChI is InChI=1S/C17H14FN5O/c18-13-4-2-1-3-12(13)17(6-7-17)16(24)21-14-5-10-23(22-14)15-11-19-8-9-20-15/h1-5,8-11H,6-7H2,(H,21,22,24). The Morgan fingerprint density at radius 3 is 2.75 bits per heavy atom. The van der Waals surface area contributed by atoms with Crippen molar-refractivity contribution in [2.75, 3.05) is 5.32 Å². The predicted molar refractivity (Wildman–Crippen MR) is 85.1 cm³/mol. The zero-order valence-electron chi connectivity index (χ0n) is 12.7. The Bertz CT molecular complexity index is 889. The van der Waals surface area contributed by atoms with Crippen LogP contribution in [0.25, 0.3) is 5.82 Å². The fourth-order valence-corrected chi connectivity index (χ4v) is 2.76. The van der Waals surface area contributed by atoms with E-state index < -0.39 is 5.41 Å². The number of anilines is 1.